The van der Waals surface area contributed by atoms with Gasteiger partial charge in [-0.1, -0.05) is 30.7 Å². The molecule has 21 heavy (non-hydrogen) atoms. The van der Waals surface area contributed by atoms with Gasteiger partial charge in [-0.05, 0) is 43.4 Å². The first kappa shape index (κ1) is 15.6. The average Bonchev–Trinajstić information content (AvgIpc) is 2.98. The van der Waals surface area contributed by atoms with Gasteiger partial charge in [-0.3, -0.25) is 4.79 Å². The largest absolute Gasteiger partial charge is 0.384 e. The van der Waals surface area contributed by atoms with E-state index in [9.17, 15) is 4.79 Å². The van der Waals surface area contributed by atoms with E-state index in [0.717, 1.165) is 17.7 Å². The van der Waals surface area contributed by atoms with Crippen LogP contribution in [0.4, 0.5) is 0 Å². The highest BCUT2D eigenvalue weighted by molar-refractivity contribution is 5.94. The van der Waals surface area contributed by atoms with Gasteiger partial charge < -0.3 is 10.0 Å². The minimum Gasteiger partial charge on any atom is -0.384 e. The average molecular weight is 285 g/mol. The number of nitrogens with zero attached hydrogens (tertiary/aromatic N) is 1. The standard InChI is InChI=1S/C18H23NO2/c1-14-9-10-17(12-16(14)8-5-11-20)18(21)19(2)13-15-6-3-4-7-15/h9-10,12,15,20H,3-4,6-7,11,13H2,1-2H3. The molecule has 1 aromatic carbocycles. The van der Waals surface area contributed by atoms with Crippen molar-refractivity contribution >= 4 is 5.91 Å². The van der Waals surface area contributed by atoms with Crippen LogP contribution >= 0.6 is 0 Å². The van der Waals surface area contributed by atoms with Gasteiger partial charge in [0, 0.05) is 24.7 Å². The Morgan fingerprint density at radius 1 is 1.38 bits per heavy atom. The Labute approximate surface area is 127 Å². The van der Waals surface area contributed by atoms with Crippen LogP contribution in [0.3, 0.4) is 0 Å². The summed E-state index contributed by atoms with van der Waals surface area (Å²) in [4.78, 5) is 14.3. The predicted molar refractivity (Wildman–Crippen MR) is 84.1 cm³/mol. The molecule has 1 fully saturated rings. The van der Waals surface area contributed by atoms with Gasteiger partial charge >= 0.3 is 0 Å². The second kappa shape index (κ2) is 7.28. The summed E-state index contributed by atoms with van der Waals surface area (Å²) in [6.07, 6.45) is 5.05. The van der Waals surface area contributed by atoms with E-state index >= 15 is 0 Å². The third-order valence-corrected chi connectivity index (χ3v) is 4.14. The number of carbonyl (C=O) groups is 1. The summed E-state index contributed by atoms with van der Waals surface area (Å²) in [5.41, 5.74) is 2.50. The van der Waals surface area contributed by atoms with E-state index in [1.807, 2.05) is 37.1 Å². The van der Waals surface area contributed by atoms with Crippen LogP contribution < -0.4 is 0 Å². The zero-order valence-electron chi connectivity index (χ0n) is 12.9. The minimum absolute atomic E-state index is 0.0500. The van der Waals surface area contributed by atoms with Crippen molar-refractivity contribution in [2.45, 2.75) is 32.6 Å². The molecule has 0 spiro atoms. The highest BCUT2D eigenvalue weighted by atomic mass is 16.2. The van der Waals surface area contributed by atoms with Gasteiger partial charge in [0.2, 0.25) is 0 Å². The van der Waals surface area contributed by atoms with E-state index < -0.39 is 0 Å². The molecule has 0 atom stereocenters. The van der Waals surface area contributed by atoms with E-state index in [-0.39, 0.29) is 12.5 Å². The molecular formula is C18H23NO2. The van der Waals surface area contributed by atoms with Crippen molar-refractivity contribution in [1.29, 1.82) is 0 Å². The quantitative estimate of drug-likeness (QED) is 0.867. The van der Waals surface area contributed by atoms with Gasteiger partial charge in [0.15, 0.2) is 0 Å². The topological polar surface area (TPSA) is 40.5 Å². The monoisotopic (exact) mass is 285 g/mol. The molecule has 0 unspecified atom stereocenters. The van der Waals surface area contributed by atoms with Crippen molar-refractivity contribution in [3.8, 4) is 11.8 Å². The molecule has 1 saturated carbocycles. The molecular weight excluding hydrogens is 262 g/mol. The number of hydrogen-bond acceptors (Lipinski definition) is 2. The minimum atomic E-state index is -0.167. The molecule has 1 amide bonds. The van der Waals surface area contributed by atoms with Crippen molar-refractivity contribution in [1.82, 2.24) is 4.90 Å². The first-order valence-corrected chi connectivity index (χ1v) is 7.57. The van der Waals surface area contributed by atoms with Crippen LogP contribution in [0.15, 0.2) is 18.2 Å². The first-order chi connectivity index (χ1) is 10.1. The second-order valence-electron chi connectivity index (χ2n) is 5.83. The fourth-order valence-corrected chi connectivity index (χ4v) is 2.91. The zero-order valence-corrected chi connectivity index (χ0v) is 12.9. The summed E-state index contributed by atoms with van der Waals surface area (Å²) in [7, 11) is 1.87. The molecule has 1 aliphatic rings. The molecule has 0 saturated heterocycles. The highest BCUT2D eigenvalue weighted by Gasteiger charge is 2.20. The number of rotatable bonds is 3. The van der Waals surface area contributed by atoms with Gasteiger partial charge in [0.1, 0.15) is 6.61 Å². The van der Waals surface area contributed by atoms with Gasteiger partial charge in [-0.2, -0.15) is 0 Å². The van der Waals surface area contributed by atoms with Crippen LogP contribution in [-0.4, -0.2) is 36.1 Å². The highest BCUT2D eigenvalue weighted by Crippen LogP contribution is 2.25. The summed E-state index contributed by atoms with van der Waals surface area (Å²) >= 11 is 0. The molecule has 3 heteroatoms. The number of hydrogen-bond donors (Lipinski definition) is 1. The summed E-state index contributed by atoms with van der Waals surface area (Å²) in [6.45, 7) is 2.63. The van der Waals surface area contributed by atoms with Crippen LogP contribution in [0.2, 0.25) is 0 Å². The molecule has 0 aliphatic heterocycles. The first-order valence-electron chi connectivity index (χ1n) is 7.57. The fraction of sp³-hybridized carbons (Fsp3) is 0.500. The normalized spacial score (nSPS) is 14.6. The molecule has 0 bridgehead atoms. The smallest absolute Gasteiger partial charge is 0.253 e. The van der Waals surface area contributed by atoms with Crippen molar-refractivity contribution < 1.29 is 9.90 Å². The molecule has 1 aliphatic carbocycles. The third kappa shape index (κ3) is 4.09. The molecule has 0 radical (unpaired) electrons. The lowest BCUT2D eigenvalue weighted by molar-refractivity contribution is 0.0773. The van der Waals surface area contributed by atoms with Crippen LogP contribution in [0.1, 0.15) is 47.2 Å². The van der Waals surface area contributed by atoms with Crippen LogP contribution in [0.25, 0.3) is 0 Å². The van der Waals surface area contributed by atoms with E-state index in [2.05, 4.69) is 11.8 Å². The number of amides is 1. The third-order valence-electron chi connectivity index (χ3n) is 4.14. The van der Waals surface area contributed by atoms with Crippen molar-refractivity contribution in [3.05, 3.63) is 34.9 Å². The molecule has 1 N–H and O–H groups in total. The maximum atomic E-state index is 12.5. The zero-order chi connectivity index (χ0) is 15.2. The predicted octanol–water partition coefficient (Wildman–Crippen LogP) is 2.60. The van der Waals surface area contributed by atoms with Crippen LogP contribution in [0, 0.1) is 24.7 Å². The van der Waals surface area contributed by atoms with Gasteiger partial charge in [0.25, 0.3) is 5.91 Å². The van der Waals surface area contributed by atoms with Gasteiger partial charge in [-0.15, -0.1) is 0 Å². The molecule has 0 aromatic heterocycles. The van der Waals surface area contributed by atoms with E-state index in [0.29, 0.717) is 11.5 Å². The van der Waals surface area contributed by atoms with Crippen molar-refractivity contribution in [3.63, 3.8) is 0 Å². The van der Waals surface area contributed by atoms with Crippen LogP contribution in [0.5, 0.6) is 0 Å². The number of benzene rings is 1. The van der Waals surface area contributed by atoms with Crippen molar-refractivity contribution in [2.75, 3.05) is 20.2 Å². The summed E-state index contributed by atoms with van der Waals surface area (Å²) in [6, 6.07) is 5.59. The number of aliphatic hydroxyl groups excluding tert-OH is 1. The Morgan fingerprint density at radius 3 is 2.76 bits per heavy atom. The Balaban J connectivity index is 2.10. The molecule has 112 valence electrons. The Morgan fingerprint density at radius 2 is 2.10 bits per heavy atom. The van der Waals surface area contributed by atoms with Gasteiger partial charge in [0.05, 0.1) is 0 Å². The number of aryl methyl sites for hydroxylation is 1. The molecule has 1 aromatic rings. The Kier molecular flexibility index (Phi) is 5.41. The number of aliphatic hydroxyl groups is 1. The maximum absolute atomic E-state index is 12.5. The lowest BCUT2D eigenvalue weighted by atomic mass is 10.0. The van der Waals surface area contributed by atoms with E-state index in [4.69, 9.17) is 5.11 Å². The second-order valence-corrected chi connectivity index (χ2v) is 5.83. The van der Waals surface area contributed by atoms with E-state index in [1.165, 1.54) is 25.7 Å². The van der Waals surface area contributed by atoms with E-state index in [1.54, 1.807) is 0 Å². The Hall–Kier alpha value is -1.79. The summed E-state index contributed by atoms with van der Waals surface area (Å²) in [5, 5.41) is 8.80. The lowest BCUT2D eigenvalue weighted by Crippen LogP contribution is -2.31. The lowest BCUT2D eigenvalue weighted by Gasteiger charge is -2.21. The van der Waals surface area contributed by atoms with Gasteiger partial charge in [-0.25, -0.2) is 0 Å². The number of carbonyl (C=O) groups excluding carboxylic acids is 1. The molecule has 0 heterocycles. The molecule has 2 rings (SSSR count). The fourth-order valence-electron chi connectivity index (χ4n) is 2.91. The van der Waals surface area contributed by atoms with Crippen LogP contribution in [-0.2, 0) is 0 Å². The summed E-state index contributed by atoms with van der Waals surface area (Å²) < 4.78 is 0. The van der Waals surface area contributed by atoms with Crippen molar-refractivity contribution in [2.24, 2.45) is 5.92 Å². The molecule has 3 nitrogen and oxygen atoms in total. The maximum Gasteiger partial charge on any atom is 0.253 e. The summed E-state index contributed by atoms with van der Waals surface area (Å²) in [5.74, 6) is 6.24. The SMILES string of the molecule is Cc1ccc(C(=O)N(C)CC2CCCC2)cc1C#CCO. The Bertz CT molecular complexity index is 562.